The molecule has 0 N–H and O–H groups in total. The van der Waals surface area contributed by atoms with E-state index in [9.17, 15) is 14.4 Å². The van der Waals surface area contributed by atoms with E-state index < -0.39 is 17.7 Å². The number of hydrogen-bond donors (Lipinski definition) is 0. The maximum atomic E-state index is 14.0. The van der Waals surface area contributed by atoms with Gasteiger partial charge in [-0.15, -0.1) is 0 Å². The van der Waals surface area contributed by atoms with E-state index in [2.05, 4.69) is 0 Å². The molecule has 38 heavy (non-hydrogen) atoms. The number of rotatable bonds is 8. The van der Waals surface area contributed by atoms with Gasteiger partial charge in [-0.2, -0.15) is 0 Å². The van der Waals surface area contributed by atoms with Crippen LogP contribution in [0.2, 0.25) is 0 Å². The summed E-state index contributed by atoms with van der Waals surface area (Å²) in [6, 6.07) is 24.5. The van der Waals surface area contributed by atoms with Crippen LogP contribution in [0.3, 0.4) is 0 Å². The van der Waals surface area contributed by atoms with Gasteiger partial charge < -0.3 is 18.9 Å². The predicted octanol–water partition coefficient (Wildman–Crippen LogP) is 5.84. The van der Waals surface area contributed by atoms with E-state index in [4.69, 9.17) is 18.9 Å². The number of carbonyl (C=O) groups is 3. The molecule has 0 amide bonds. The lowest BCUT2D eigenvalue weighted by Gasteiger charge is -2.17. The zero-order valence-corrected chi connectivity index (χ0v) is 21.4. The molecule has 192 valence electrons. The van der Waals surface area contributed by atoms with Gasteiger partial charge in [0.05, 0.1) is 39.6 Å². The molecule has 0 saturated carbocycles. The first kappa shape index (κ1) is 26.2. The van der Waals surface area contributed by atoms with Gasteiger partial charge in [0.1, 0.15) is 11.5 Å². The van der Waals surface area contributed by atoms with Crippen molar-refractivity contribution in [2.75, 3.05) is 28.4 Å². The fourth-order valence-corrected chi connectivity index (χ4v) is 4.28. The Morgan fingerprint density at radius 2 is 1.00 bits per heavy atom. The molecule has 7 nitrogen and oxygen atoms in total. The Morgan fingerprint density at radius 3 is 1.53 bits per heavy atom. The van der Waals surface area contributed by atoms with E-state index in [0.29, 0.717) is 33.8 Å². The first-order chi connectivity index (χ1) is 18.4. The highest BCUT2D eigenvalue weighted by atomic mass is 16.5. The normalized spacial score (nSPS) is 10.4. The van der Waals surface area contributed by atoms with Crippen LogP contribution >= 0.6 is 0 Å². The lowest BCUT2D eigenvalue weighted by atomic mass is 9.87. The third-order valence-corrected chi connectivity index (χ3v) is 6.20. The monoisotopic (exact) mass is 510 g/mol. The lowest BCUT2D eigenvalue weighted by molar-refractivity contribution is 0.0554. The van der Waals surface area contributed by atoms with Crippen molar-refractivity contribution < 1.29 is 33.3 Å². The molecule has 0 atom stereocenters. The smallest absolute Gasteiger partial charge is 0.339 e. The summed E-state index contributed by atoms with van der Waals surface area (Å²) in [6.45, 7) is 0. The number of methoxy groups -OCH3 is 4. The summed E-state index contributed by atoms with van der Waals surface area (Å²) in [5, 5.41) is 0. The van der Waals surface area contributed by atoms with E-state index in [1.54, 1.807) is 68.8 Å². The molecule has 4 rings (SSSR count). The van der Waals surface area contributed by atoms with Gasteiger partial charge in [0.25, 0.3) is 0 Å². The first-order valence-electron chi connectivity index (χ1n) is 11.7. The van der Waals surface area contributed by atoms with Crippen molar-refractivity contribution in [3.8, 4) is 33.8 Å². The van der Waals surface area contributed by atoms with E-state index in [-0.39, 0.29) is 16.7 Å². The number of ether oxygens (including phenoxy) is 4. The fraction of sp³-hybridized carbons (Fsp3) is 0.129. The number of hydrogen-bond acceptors (Lipinski definition) is 7. The van der Waals surface area contributed by atoms with Crippen LogP contribution in [0.1, 0.15) is 36.6 Å². The van der Waals surface area contributed by atoms with Crippen molar-refractivity contribution in [1.29, 1.82) is 0 Å². The second-order valence-electron chi connectivity index (χ2n) is 8.23. The maximum absolute atomic E-state index is 14.0. The van der Waals surface area contributed by atoms with Gasteiger partial charge in [-0.1, -0.05) is 54.6 Å². The van der Waals surface area contributed by atoms with Gasteiger partial charge in [-0.25, -0.2) is 9.59 Å². The minimum Gasteiger partial charge on any atom is -0.497 e. The van der Waals surface area contributed by atoms with Gasteiger partial charge in [-0.3, -0.25) is 4.79 Å². The molecular weight excluding hydrogens is 484 g/mol. The molecule has 0 spiro atoms. The minimum atomic E-state index is -0.828. The quantitative estimate of drug-likeness (QED) is 0.217. The Kier molecular flexibility index (Phi) is 7.87. The summed E-state index contributed by atoms with van der Waals surface area (Å²) >= 11 is 0. The van der Waals surface area contributed by atoms with Crippen molar-refractivity contribution in [2.24, 2.45) is 0 Å². The number of esters is 2. The second kappa shape index (κ2) is 11.4. The molecule has 4 aromatic rings. The summed E-state index contributed by atoms with van der Waals surface area (Å²) in [5.74, 6) is -0.727. The average molecular weight is 511 g/mol. The minimum absolute atomic E-state index is 0.0236. The molecule has 0 unspecified atom stereocenters. The van der Waals surface area contributed by atoms with Crippen LogP contribution < -0.4 is 9.47 Å². The molecular formula is C31H26O7. The Labute approximate surface area is 220 Å². The Bertz CT molecular complexity index is 1490. The fourth-order valence-electron chi connectivity index (χ4n) is 4.28. The third-order valence-electron chi connectivity index (χ3n) is 6.20. The molecule has 0 aliphatic rings. The highest BCUT2D eigenvalue weighted by Crippen LogP contribution is 2.34. The molecule has 0 aromatic heterocycles. The van der Waals surface area contributed by atoms with Crippen LogP contribution in [0.25, 0.3) is 22.3 Å². The van der Waals surface area contributed by atoms with Gasteiger partial charge in [0.15, 0.2) is 5.78 Å². The summed E-state index contributed by atoms with van der Waals surface area (Å²) in [6.07, 6.45) is 0. The predicted molar refractivity (Wildman–Crippen MR) is 143 cm³/mol. The van der Waals surface area contributed by atoms with Crippen molar-refractivity contribution in [3.63, 3.8) is 0 Å². The van der Waals surface area contributed by atoms with Crippen LogP contribution in [-0.2, 0) is 9.47 Å². The Balaban J connectivity index is 1.93. The third kappa shape index (κ3) is 4.99. The van der Waals surface area contributed by atoms with Gasteiger partial charge in [-0.05, 0) is 52.6 Å². The molecule has 4 aromatic carbocycles. The standard InChI is InChI=1S/C31H26O7/c1-35-21-13-9-19(10-14-21)23-7-5-6-8-25(23)29(32)26-18-17-24(20-11-15-22(36-2)16-12-20)27(30(33)37-3)28(26)31(34)38-4/h5-18H,1-4H3. The molecule has 0 aliphatic carbocycles. The summed E-state index contributed by atoms with van der Waals surface area (Å²) in [4.78, 5) is 40.2. The lowest BCUT2D eigenvalue weighted by Crippen LogP contribution is -2.19. The topological polar surface area (TPSA) is 88.1 Å². The molecule has 0 heterocycles. The molecule has 0 fully saturated rings. The first-order valence-corrected chi connectivity index (χ1v) is 11.7. The van der Waals surface area contributed by atoms with Crippen molar-refractivity contribution in [2.45, 2.75) is 0 Å². The molecule has 0 aliphatic heterocycles. The van der Waals surface area contributed by atoms with Crippen LogP contribution in [0, 0.1) is 0 Å². The highest BCUT2D eigenvalue weighted by molar-refractivity contribution is 6.20. The number of benzene rings is 4. The summed E-state index contributed by atoms with van der Waals surface area (Å²) in [7, 11) is 5.54. The molecule has 0 bridgehead atoms. The zero-order valence-electron chi connectivity index (χ0n) is 21.4. The second-order valence-corrected chi connectivity index (χ2v) is 8.23. The number of carbonyl (C=O) groups excluding carboxylic acids is 3. The Hall–Kier alpha value is -4.91. The molecule has 0 saturated heterocycles. The van der Waals surface area contributed by atoms with E-state index >= 15 is 0 Å². The van der Waals surface area contributed by atoms with Gasteiger partial charge in [0.2, 0.25) is 0 Å². The van der Waals surface area contributed by atoms with E-state index in [0.717, 1.165) is 5.56 Å². The van der Waals surface area contributed by atoms with Crippen LogP contribution in [0.5, 0.6) is 11.5 Å². The molecule has 0 radical (unpaired) electrons. The SMILES string of the molecule is COC(=O)c1c(C(=O)c2ccccc2-c2ccc(OC)cc2)ccc(-c2ccc(OC)cc2)c1C(=O)OC. The largest absolute Gasteiger partial charge is 0.497 e. The molecule has 7 heteroatoms. The zero-order chi connectivity index (χ0) is 27.2. The van der Waals surface area contributed by atoms with E-state index in [1.165, 1.54) is 20.3 Å². The van der Waals surface area contributed by atoms with Crippen LogP contribution in [-0.4, -0.2) is 46.2 Å². The van der Waals surface area contributed by atoms with Crippen molar-refractivity contribution in [1.82, 2.24) is 0 Å². The average Bonchev–Trinajstić information content (AvgIpc) is 2.99. The van der Waals surface area contributed by atoms with Crippen LogP contribution in [0.4, 0.5) is 0 Å². The highest BCUT2D eigenvalue weighted by Gasteiger charge is 2.30. The van der Waals surface area contributed by atoms with E-state index in [1.807, 2.05) is 24.3 Å². The van der Waals surface area contributed by atoms with Gasteiger partial charge >= 0.3 is 11.9 Å². The summed E-state index contributed by atoms with van der Waals surface area (Å²) in [5.41, 5.74) is 2.66. The Morgan fingerprint density at radius 1 is 0.500 bits per heavy atom. The van der Waals surface area contributed by atoms with Crippen molar-refractivity contribution in [3.05, 3.63) is 107 Å². The van der Waals surface area contributed by atoms with Crippen LogP contribution in [0.15, 0.2) is 84.9 Å². The maximum Gasteiger partial charge on any atom is 0.339 e. The summed E-state index contributed by atoms with van der Waals surface area (Å²) < 4.78 is 20.5. The van der Waals surface area contributed by atoms with Gasteiger partial charge in [0, 0.05) is 11.1 Å². The van der Waals surface area contributed by atoms with Crippen molar-refractivity contribution >= 4 is 17.7 Å². The number of ketones is 1.